The molecule has 0 fully saturated rings. The molecule has 0 amide bonds. The van der Waals surface area contributed by atoms with Crippen LogP contribution in [0.4, 0.5) is 0 Å². The quantitative estimate of drug-likeness (QED) is 0.609. The summed E-state index contributed by atoms with van der Waals surface area (Å²) >= 11 is 0. The highest BCUT2D eigenvalue weighted by Crippen LogP contribution is 2.18. The number of ether oxygens (including phenoxy) is 1. The summed E-state index contributed by atoms with van der Waals surface area (Å²) in [6.45, 7) is 2.18. The van der Waals surface area contributed by atoms with Gasteiger partial charge in [-0.3, -0.25) is 0 Å². The third kappa shape index (κ3) is 4.19. The summed E-state index contributed by atoms with van der Waals surface area (Å²) in [6, 6.07) is 7.40. The van der Waals surface area contributed by atoms with Crippen molar-refractivity contribution in [3.8, 4) is 0 Å². The highest BCUT2D eigenvalue weighted by molar-refractivity contribution is 5.89. The monoisotopic (exact) mass is 235 g/mol. The predicted octanol–water partition coefficient (Wildman–Crippen LogP) is 3.05. The van der Waals surface area contributed by atoms with Crippen LogP contribution in [0.5, 0.6) is 0 Å². The van der Waals surface area contributed by atoms with Crippen LogP contribution in [0, 0.1) is 0 Å². The van der Waals surface area contributed by atoms with E-state index in [2.05, 4.69) is 11.7 Å². The van der Waals surface area contributed by atoms with Gasteiger partial charge in [-0.1, -0.05) is 38.3 Å². The molecule has 3 heteroatoms. The lowest BCUT2D eigenvalue weighted by atomic mass is 10.0. The Morgan fingerprint density at radius 2 is 1.94 bits per heavy atom. The van der Waals surface area contributed by atoms with Gasteiger partial charge < -0.3 is 10.5 Å². The molecule has 0 saturated carbocycles. The average Bonchev–Trinajstić information content (AvgIpc) is 2.38. The first-order chi connectivity index (χ1) is 8.19. The molecule has 94 valence electrons. The van der Waals surface area contributed by atoms with Gasteiger partial charge in [0.2, 0.25) is 0 Å². The zero-order chi connectivity index (χ0) is 12.7. The molecule has 1 rings (SSSR count). The second kappa shape index (κ2) is 7.07. The van der Waals surface area contributed by atoms with E-state index in [1.54, 1.807) is 12.1 Å². The average molecular weight is 235 g/mol. The van der Waals surface area contributed by atoms with Crippen molar-refractivity contribution in [2.45, 2.75) is 38.6 Å². The first kappa shape index (κ1) is 13.7. The molecule has 2 N–H and O–H groups in total. The fraction of sp³-hybridized carbons (Fsp3) is 0.500. The lowest BCUT2D eigenvalue weighted by molar-refractivity contribution is 0.0600. The Morgan fingerprint density at radius 3 is 2.47 bits per heavy atom. The minimum absolute atomic E-state index is 0.0632. The van der Waals surface area contributed by atoms with Crippen LogP contribution in [-0.4, -0.2) is 13.1 Å². The van der Waals surface area contributed by atoms with Gasteiger partial charge in [0.25, 0.3) is 0 Å². The Kier molecular flexibility index (Phi) is 5.70. The van der Waals surface area contributed by atoms with Crippen LogP contribution in [0.25, 0.3) is 0 Å². The van der Waals surface area contributed by atoms with E-state index in [9.17, 15) is 4.79 Å². The number of esters is 1. The molecule has 0 aliphatic carbocycles. The fourth-order valence-corrected chi connectivity index (χ4v) is 1.77. The van der Waals surface area contributed by atoms with Crippen molar-refractivity contribution in [2.24, 2.45) is 5.73 Å². The van der Waals surface area contributed by atoms with E-state index in [-0.39, 0.29) is 12.0 Å². The number of rotatable bonds is 6. The molecule has 3 nitrogen and oxygen atoms in total. The topological polar surface area (TPSA) is 52.3 Å². The molecule has 0 spiro atoms. The normalized spacial score (nSPS) is 12.2. The maximum atomic E-state index is 11.3. The number of carbonyl (C=O) groups excluding carboxylic acids is 1. The summed E-state index contributed by atoms with van der Waals surface area (Å²) in [5.74, 6) is -0.309. The maximum Gasteiger partial charge on any atom is 0.337 e. The van der Waals surface area contributed by atoms with Gasteiger partial charge in [-0.15, -0.1) is 0 Å². The van der Waals surface area contributed by atoms with Gasteiger partial charge in [0.05, 0.1) is 12.7 Å². The second-order valence-corrected chi connectivity index (χ2v) is 4.22. The molecule has 1 aromatic carbocycles. The molecule has 0 radical (unpaired) electrons. The van der Waals surface area contributed by atoms with E-state index in [0.717, 1.165) is 18.4 Å². The van der Waals surface area contributed by atoms with E-state index in [0.29, 0.717) is 5.56 Å². The highest BCUT2D eigenvalue weighted by Gasteiger charge is 2.08. The Bertz CT molecular complexity index is 346. The number of unbranched alkanes of at least 4 members (excludes halogenated alkanes) is 2. The van der Waals surface area contributed by atoms with Crippen molar-refractivity contribution in [2.75, 3.05) is 7.11 Å². The lowest BCUT2D eigenvalue weighted by Gasteiger charge is -2.12. The standard InChI is InChI=1S/C14H21NO2/c1-3-4-5-6-13(15)11-7-9-12(10-8-11)14(16)17-2/h7-10,13H,3-6,15H2,1-2H3. The largest absolute Gasteiger partial charge is 0.465 e. The third-order valence-electron chi connectivity index (χ3n) is 2.88. The molecule has 1 atom stereocenters. The summed E-state index contributed by atoms with van der Waals surface area (Å²) in [5.41, 5.74) is 7.72. The molecule has 0 aliphatic heterocycles. The summed E-state index contributed by atoms with van der Waals surface area (Å²) in [5, 5.41) is 0. The van der Waals surface area contributed by atoms with E-state index < -0.39 is 0 Å². The minimum atomic E-state index is -0.309. The smallest absolute Gasteiger partial charge is 0.337 e. The van der Waals surface area contributed by atoms with Gasteiger partial charge in [-0.2, -0.15) is 0 Å². The first-order valence-corrected chi connectivity index (χ1v) is 6.13. The zero-order valence-electron chi connectivity index (χ0n) is 10.6. The molecule has 0 heterocycles. The number of methoxy groups -OCH3 is 1. The maximum absolute atomic E-state index is 11.3. The number of hydrogen-bond donors (Lipinski definition) is 1. The SMILES string of the molecule is CCCCCC(N)c1ccc(C(=O)OC)cc1. The zero-order valence-corrected chi connectivity index (χ0v) is 10.6. The molecule has 1 aromatic rings. The van der Waals surface area contributed by atoms with Crippen LogP contribution in [0.2, 0.25) is 0 Å². The molecular weight excluding hydrogens is 214 g/mol. The molecule has 0 aliphatic rings. The number of benzene rings is 1. The Hall–Kier alpha value is -1.35. The second-order valence-electron chi connectivity index (χ2n) is 4.22. The summed E-state index contributed by atoms with van der Waals surface area (Å²) in [7, 11) is 1.38. The van der Waals surface area contributed by atoms with Gasteiger partial charge in [-0.25, -0.2) is 4.79 Å². The Morgan fingerprint density at radius 1 is 1.29 bits per heavy atom. The molecule has 0 saturated heterocycles. The molecule has 1 unspecified atom stereocenters. The molecule has 0 aromatic heterocycles. The third-order valence-corrected chi connectivity index (χ3v) is 2.88. The highest BCUT2D eigenvalue weighted by atomic mass is 16.5. The van der Waals surface area contributed by atoms with Gasteiger partial charge >= 0.3 is 5.97 Å². The van der Waals surface area contributed by atoms with Crippen molar-refractivity contribution in [3.05, 3.63) is 35.4 Å². The molecule has 0 bridgehead atoms. The van der Waals surface area contributed by atoms with Crippen molar-refractivity contribution in [1.29, 1.82) is 0 Å². The first-order valence-electron chi connectivity index (χ1n) is 6.13. The summed E-state index contributed by atoms with van der Waals surface area (Å²) in [6.07, 6.45) is 4.56. The van der Waals surface area contributed by atoms with Gasteiger partial charge in [-0.05, 0) is 24.1 Å². The Labute approximate surface area is 103 Å². The van der Waals surface area contributed by atoms with E-state index in [4.69, 9.17) is 5.73 Å². The molecular formula is C14H21NO2. The number of hydrogen-bond acceptors (Lipinski definition) is 3. The minimum Gasteiger partial charge on any atom is -0.465 e. The number of carbonyl (C=O) groups is 1. The van der Waals surface area contributed by atoms with Crippen molar-refractivity contribution in [3.63, 3.8) is 0 Å². The van der Waals surface area contributed by atoms with Gasteiger partial charge in [0.15, 0.2) is 0 Å². The van der Waals surface area contributed by atoms with E-state index >= 15 is 0 Å². The predicted molar refractivity (Wildman–Crippen MR) is 68.9 cm³/mol. The van der Waals surface area contributed by atoms with E-state index in [1.807, 2.05) is 12.1 Å². The van der Waals surface area contributed by atoms with Crippen LogP contribution >= 0.6 is 0 Å². The van der Waals surface area contributed by atoms with Crippen LogP contribution < -0.4 is 5.73 Å². The van der Waals surface area contributed by atoms with Gasteiger partial charge in [0, 0.05) is 6.04 Å². The summed E-state index contributed by atoms with van der Waals surface area (Å²) in [4.78, 5) is 11.3. The lowest BCUT2D eigenvalue weighted by Crippen LogP contribution is -2.10. The Balaban J connectivity index is 2.57. The fourth-order valence-electron chi connectivity index (χ4n) is 1.77. The van der Waals surface area contributed by atoms with Crippen LogP contribution in [0.15, 0.2) is 24.3 Å². The van der Waals surface area contributed by atoms with Gasteiger partial charge in [0.1, 0.15) is 0 Å². The van der Waals surface area contributed by atoms with Crippen LogP contribution in [0.1, 0.15) is 54.6 Å². The molecule has 17 heavy (non-hydrogen) atoms. The van der Waals surface area contributed by atoms with Crippen LogP contribution in [0.3, 0.4) is 0 Å². The van der Waals surface area contributed by atoms with Crippen molar-refractivity contribution >= 4 is 5.97 Å². The van der Waals surface area contributed by atoms with Crippen molar-refractivity contribution in [1.82, 2.24) is 0 Å². The number of nitrogens with two attached hydrogens (primary N) is 1. The summed E-state index contributed by atoms with van der Waals surface area (Å²) < 4.78 is 4.65. The van der Waals surface area contributed by atoms with Crippen LogP contribution in [-0.2, 0) is 4.74 Å². The van der Waals surface area contributed by atoms with Crippen molar-refractivity contribution < 1.29 is 9.53 Å². The van der Waals surface area contributed by atoms with E-state index in [1.165, 1.54) is 20.0 Å².